The van der Waals surface area contributed by atoms with Gasteiger partial charge < -0.3 is 5.32 Å². The van der Waals surface area contributed by atoms with Crippen molar-refractivity contribution in [3.05, 3.63) is 59.0 Å². The van der Waals surface area contributed by atoms with Crippen molar-refractivity contribution in [2.45, 2.75) is 20.8 Å². The van der Waals surface area contributed by atoms with Crippen LogP contribution in [0.15, 0.2) is 36.4 Å². The summed E-state index contributed by atoms with van der Waals surface area (Å²) in [5, 5.41) is 17.4. The summed E-state index contributed by atoms with van der Waals surface area (Å²) >= 11 is 5.51. The lowest BCUT2D eigenvalue weighted by atomic mass is 10.2. The van der Waals surface area contributed by atoms with Crippen LogP contribution in [-0.2, 0) is 0 Å². The number of pyridine rings is 1. The molecule has 25 heavy (non-hydrogen) atoms. The average Bonchev–Trinajstić information content (AvgIpc) is 2.95. The van der Waals surface area contributed by atoms with Crippen LogP contribution in [0.3, 0.4) is 0 Å². The Morgan fingerprint density at radius 1 is 1.08 bits per heavy atom. The van der Waals surface area contributed by atoms with Gasteiger partial charge in [-0.1, -0.05) is 30.4 Å². The zero-order chi connectivity index (χ0) is 17.6. The lowest BCUT2D eigenvalue weighted by molar-refractivity contribution is 0.849. The lowest BCUT2D eigenvalue weighted by Crippen LogP contribution is -2.17. The molecule has 6 nitrogen and oxygen atoms in total. The third kappa shape index (κ3) is 2.62. The van der Waals surface area contributed by atoms with Gasteiger partial charge >= 0.3 is 0 Å². The highest BCUT2D eigenvalue weighted by Crippen LogP contribution is 2.22. The Balaban J connectivity index is 1.84. The standard InChI is InChI=1S/C18H16N6S/c1-10-9-11(2)19-16-14(10)17-22-21-15(12(3)24(17)23-16)18(25)20-13-7-5-4-6-8-13/h4-9H,1-3H3,(H,20,25). The van der Waals surface area contributed by atoms with Crippen molar-refractivity contribution >= 4 is 39.6 Å². The largest absolute Gasteiger partial charge is 0.345 e. The van der Waals surface area contributed by atoms with Gasteiger partial charge in [-0.3, -0.25) is 0 Å². The Labute approximate surface area is 149 Å². The highest BCUT2D eigenvalue weighted by molar-refractivity contribution is 7.81. The molecule has 0 amide bonds. The summed E-state index contributed by atoms with van der Waals surface area (Å²) < 4.78 is 1.77. The molecule has 0 saturated heterocycles. The molecule has 0 aliphatic carbocycles. The highest BCUT2D eigenvalue weighted by Gasteiger charge is 2.17. The summed E-state index contributed by atoms with van der Waals surface area (Å²) in [5.41, 5.74) is 5.73. The van der Waals surface area contributed by atoms with E-state index in [1.54, 1.807) is 4.52 Å². The van der Waals surface area contributed by atoms with Crippen LogP contribution in [0.4, 0.5) is 5.69 Å². The van der Waals surface area contributed by atoms with Crippen LogP contribution < -0.4 is 5.32 Å². The van der Waals surface area contributed by atoms with Gasteiger partial charge in [0.1, 0.15) is 10.7 Å². The van der Waals surface area contributed by atoms with Gasteiger partial charge in [0.05, 0.1) is 11.1 Å². The van der Waals surface area contributed by atoms with Crippen molar-refractivity contribution in [2.75, 3.05) is 5.32 Å². The van der Waals surface area contributed by atoms with E-state index in [2.05, 4.69) is 25.6 Å². The number of hydrogen-bond donors (Lipinski definition) is 1. The molecule has 0 spiro atoms. The van der Waals surface area contributed by atoms with Crippen LogP contribution in [0.2, 0.25) is 0 Å². The molecule has 0 bridgehead atoms. The van der Waals surface area contributed by atoms with Crippen molar-refractivity contribution in [3.8, 4) is 0 Å². The second-order valence-electron chi connectivity index (χ2n) is 5.97. The molecular formula is C18H16N6S. The first-order chi connectivity index (χ1) is 12.0. The Kier molecular flexibility index (Phi) is 3.65. The molecule has 0 saturated carbocycles. The molecule has 0 unspecified atom stereocenters. The van der Waals surface area contributed by atoms with Crippen molar-refractivity contribution in [3.63, 3.8) is 0 Å². The fourth-order valence-corrected chi connectivity index (χ4v) is 3.24. The zero-order valence-electron chi connectivity index (χ0n) is 14.1. The van der Waals surface area contributed by atoms with E-state index in [9.17, 15) is 0 Å². The third-order valence-electron chi connectivity index (χ3n) is 4.10. The molecule has 7 heteroatoms. The first-order valence-electron chi connectivity index (χ1n) is 7.91. The van der Waals surface area contributed by atoms with Gasteiger partial charge in [-0.25, -0.2) is 9.50 Å². The number of rotatable bonds is 2. The van der Waals surface area contributed by atoms with Crippen molar-refractivity contribution in [1.29, 1.82) is 0 Å². The van der Waals surface area contributed by atoms with Crippen LogP contribution in [0.1, 0.15) is 22.6 Å². The van der Waals surface area contributed by atoms with E-state index < -0.39 is 0 Å². The molecule has 0 aliphatic heterocycles. The van der Waals surface area contributed by atoms with E-state index in [1.165, 1.54) is 0 Å². The molecule has 3 heterocycles. The van der Waals surface area contributed by atoms with Gasteiger partial charge in [-0.2, -0.15) is 0 Å². The van der Waals surface area contributed by atoms with Crippen LogP contribution >= 0.6 is 12.2 Å². The predicted octanol–water partition coefficient (Wildman–Crippen LogP) is 3.39. The van der Waals surface area contributed by atoms with Gasteiger partial charge in [0.2, 0.25) is 0 Å². The van der Waals surface area contributed by atoms with E-state index in [1.807, 2.05) is 57.2 Å². The van der Waals surface area contributed by atoms with E-state index >= 15 is 0 Å². The number of fused-ring (bicyclic) bond motifs is 3. The van der Waals surface area contributed by atoms with E-state index in [0.29, 0.717) is 22.0 Å². The molecule has 124 valence electrons. The minimum Gasteiger partial charge on any atom is -0.345 e. The first kappa shape index (κ1) is 15.6. The number of nitrogens with one attached hydrogen (secondary N) is 1. The van der Waals surface area contributed by atoms with Crippen molar-refractivity contribution < 1.29 is 0 Å². The number of aromatic nitrogens is 5. The number of anilines is 1. The zero-order valence-corrected chi connectivity index (χ0v) is 14.9. The quantitative estimate of drug-likeness (QED) is 0.560. The minimum atomic E-state index is 0.513. The van der Waals surface area contributed by atoms with Gasteiger partial charge in [0.15, 0.2) is 11.3 Å². The van der Waals surface area contributed by atoms with Crippen molar-refractivity contribution in [2.24, 2.45) is 0 Å². The number of benzene rings is 1. The summed E-state index contributed by atoms with van der Waals surface area (Å²) in [6, 6.07) is 11.8. The van der Waals surface area contributed by atoms with Gasteiger partial charge in [-0.15, -0.1) is 15.3 Å². The maximum absolute atomic E-state index is 5.51. The number of nitrogens with zero attached hydrogens (tertiary/aromatic N) is 5. The Hall–Kier alpha value is -2.93. The average molecular weight is 348 g/mol. The number of hydrogen-bond acceptors (Lipinski definition) is 5. The Bertz CT molecular complexity index is 1120. The number of aryl methyl sites for hydroxylation is 3. The molecule has 1 aromatic carbocycles. The van der Waals surface area contributed by atoms with E-state index in [-0.39, 0.29) is 0 Å². The number of thiocarbonyl (C=S) groups is 1. The summed E-state index contributed by atoms with van der Waals surface area (Å²) in [4.78, 5) is 5.02. The summed E-state index contributed by atoms with van der Waals surface area (Å²) in [6.07, 6.45) is 0. The van der Waals surface area contributed by atoms with Crippen LogP contribution in [0, 0.1) is 20.8 Å². The second kappa shape index (κ2) is 5.86. The smallest absolute Gasteiger partial charge is 0.187 e. The maximum atomic E-state index is 5.51. The van der Waals surface area contributed by atoms with Crippen LogP contribution in [0.25, 0.3) is 16.7 Å². The molecule has 0 radical (unpaired) electrons. The highest BCUT2D eigenvalue weighted by atomic mass is 32.1. The van der Waals surface area contributed by atoms with Crippen molar-refractivity contribution in [1.82, 2.24) is 24.8 Å². The molecule has 0 atom stereocenters. The summed E-state index contributed by atoms with van der Waals surface area (Å²) in [7, 11) is 0. The molecule has 3 aromatic heterocycles. The van der Waals surface area contributed by atoms with Crippen LogP contribution in [-0.4, -0.2) is 29.8 Å². The SMILES string of the molecule is Cc1cc(C)c2c(n1)nn1c(C)c(C(=S)Nc3ccccc3)nnc21. The summed E-state index contributed by atoms with van der Waals surface area (Å²) in [5.74, 6) is 0. The molecule has 1 N–H and O–H groups in total. The summed E-state index contributed by atoms with van der Waals surface area (Å²) in [6.45, 7) is 5.93. The molecule has 4 aromatic rings. The van der Waals surface area contributed by atoms with E-state index in [4.69, 9.17) is 12.2 Å². The van der Waals surface area contributed by atoms with Crippen LogP contribution in [0.5, 0.6) is 0 Å². The van der Waals surface area contributed by atoms with Gasteiger partial charge in [0, 0.05) is 11.4 Å². The minimum absolute atomic E-state index is 0.513. The predicted molar refractivity (Wildman–Crippen MR) is 102 cm³/mol. The second-order valence-corrected chi connectivity index (χ2v) is 6.38. The van der Waals surface area contributed by atoms with Gasteiger partial charge in [0.25, 0.3) is 0 Å². The fourth-order valence-electron chi connectivity index (χ4n) is 2.93. The molecular weight excluding hydrogens is 332 g/mol. The lowest BCUT2D eigenvalue weighted by Gasteiger charge is -2.09. The Morgan fingerprint density at radius 2 is 1.84 bits per heavy atom. The topological polar surface area (TPSA) is 68.0 Å². The van der Waals surface area contributed by atoms with Gasteiger partial charge in [-0.05, 0) is 44.5 Å². The third-order valence-corrected chi connectivity index (χ3v) is 4.39. The molecule has 4 rings (SSSR count). The fraction of sp³-hybridized carbons (Fsp3) is 0.167. The maximum Gasteiger partial charge on any atom is 0.187 e. The molecule has 0 fully saturated rings. The monoisotopic (exact) mass is 348 g/mol. The Morgan fingerprint density at radius 3 is 2.60 bits per heavy atom. The molecule has 0 aliphatic rings. The van der Waals surface area contributed by atoms with E-state index in [0.717, 1.165) is 28.0 Å². The first-order valence-corrected chi connectivity index (χ1v) is 8.32. The normalized spacial score (nSPS) is 11.2. The number of para-hydroxylation sites is 1.